The lowest BCUT2D eigenvalue weighted by molar-refractivity contribution is 0.378. The second-order valence-electron chi connectivity index (χ2n) is 4.72. The third-order valence-corrected chi connectivity index (χ3v) is 4.65. The highest BCUT2D eigenvalue weighted by Gasteiger charge is 2.24. The van der Waals surface area contributed by atoms with Crippen molar-refractivity contribution in [2.24, 2.45) is 5.92 Å². The number of hydrogen-bond acceptors (Lipinski definition) is 5. The molecule has 0 saturated carbocycles. The highest BCUT2D eigenvalue weighted by Crippen LogP contribution is 2.17. The number of pyridine rings is 1. The Hall–Kier alpha value is -1.14. The maximum atomic E-state index is 12.0. The first-order valence-electron chi connectivity index (χ1n) is 5.91. The molecule has 0 radical (unpaired) electrons. The van der Waals surface area contributed by atoms with Gasteiger partial charge in [0.15, 0.2) is 9.84 Å². The van der Waals surface area contributed by atoms with Gasteiger partial charge in [-0.25, -0.2) is 8.42 Å². The lowest BCUT2D eigenvalue weighted by Gasteiger charge is -2.26. The standard InChI is InChI=1S/C12H18N2O3S/c1-9-3-12(17-2)4-11(14-9)8-18(15,16)7-10-5-13-6-10/h3-4,10,13H,5-8H2,1-2H3. The molecule has 0 aliphatic carbocycles. The van der Waals surface area contributed by atoms with Crippen LogP contribution in [0.2, 0.25) is 0 Å². The van der Waals surface area contributed by atoms with E-state index in [0.29, 0.717) is 11.4 Å². The first-order chi connectivity index (χ1) is 8.48. The molecule has 5 nitrogen and oxygen atoms in total. The van der Waals surface area contributed by atoms with Crippen LogP contribution in [-0.2, 0) is 15.6 Å². The molecular formula is C12H18N2O3S. The number of aromatic nitrogens is 1. The van der Waals surface area contributed by atoms with Crippen LogP contribution in [0.15, 0.2) is 12.1 Å². The summed E-state index contributed by atoms with van der Waals surface area (Å²) >= 11 is 0. The van der Waals surface area contributed by atoms with Gasteiger partial charge in [-0.05, 0) is 12.8 Å². The molecule has 6 heteroatoms. The van der Waals surface area contributed by atoms with Crippen molar-refractivity contribution < 1.29 is 13.2 Å². The van der Waals surface area contributed by atoms with Gasteiger partial charge in [-0.15, -0.1) is 0 Å². The molecule has 18 heavy (non-hydrogen) atoms. The largest absolute Gasteiger partial charge is 0.497 e. The Morgan fingerprint density at radius 3 is 2.72 bits per heavy atom. The van der Waals surface area contributed by atoms with Gasteiger partial charge < -0.3 is 10.1 Å². The summed E-state index contributed by atoms with van der Waals surface area (Å²) < 4.78 is 29.1. The number of sulfone groups is 1. The smallest absolute Gasteiger partial charge is 0.156 e. The van der Waals surface area contributed by atoms with E-state index in [9.17, 15) is 8.42 Å². The van der Waals surface area contributed by atoms with Gasteiger partial charge >= 0.3 is 0 Å². The molecule has 2 rings (SSSR count). The lowest BCUT2D eigenvalue weighted by Crippen LogP contribution is -2.45. The number of rotatable bonds is 5. The van der Waals surface area contributed by atoms with Gasteiger partial charge in [-0.3, -0.25) is 4.98 Å². The zero-order valence-corrected chi connectivity index (χ0v) is 11.5. The van der Waals surface area contributed by atoms with E-state index in [1.165, 1.54) is 0 Å². The normalized spacial score (nSPS) is 16.3. The van der Waals surface area contributed by atoms with Crippen molar-refractivity contribution in [3.8, 4) is 5.75 Å². The van der Waals surface area contributed by atoms with Crippen molar-refractivity contribution in [3.63, 3.8) is 0 Å². The zero-order chi connectivity index (χ0) is 13.2. The average Bonchev–Trinajstić information content (AvgIpc) is 2.22. The fraction of sp³-hybridized carbons (Fsp3) is 0.583. The quantitative estimate of drug-likeness (QED) is 0.845. The summed E-state index contributed by atoms with van der Waals surface area (Å²) in [5.41, 5.74) is 1.32. The highest BCUT2D eigenvalue weighted by molar-refractivity contribution is 7.90. The van der Waals surface area contributed by atoms with Gasteiger partial charge in [0.05, 0.1) is 24.3 Å². The van der Waals surface area contributed by atoms with Crippen molar-refractivity contribution in [1.29, 1.82) is 0 Å². The van der Waals surface area contributed by atoms with Gasteiger partial charge in [0, 0.05) is 30.9 Å². The Morgan fingerprint density at radius 2 is 2.17 bits per heavy atom. The molecule has 0 amide bonds. The van der Waals surface area contributed by atoms with E-state index in [2.05, 4.69) is 10.3 Å². The second-order valence-corrected chi connectivity index (χ2v) is 6.83. The number of aryl methyl sites for hydroxylation is 1. The van der Waals surface area contributed by atoms with Crippen LogP contribution in [0.4, 0.5) is 0 Å². The second kappa shape index (κ2) is 5.24. The van der Waals surface area contributed by atoms with E-state index in [1.54, 1.807) is 19.2 Å². The molecule has 1 aliphatic rings. The van der Waals surface area contributed by atoms with Crippen LogP contribution >= 0.6 is 0 Å². The first-order valence-corrected chi connectivity index (χ1v) is 7.73. The predicted octanol–water partition coefficient (Wildman–Crippen LogP) is 0.533. The fourth-order valence-electron chi connectivity index (χ4n) is 2.00. The monoisotopic (exact) mass is 270 g/mol. The minimum absolute atomic E-state index is 0.0124. The molecule has 0 aromatic carbocycles. The summed E-state index contributed by atoms with van der Waals surface area (Å²) in [7, 11) is -1.53. The van der Waals surface area contributed by atoms with E-state index in [-0.39, 0.29) is 17.4 Å². The summed E-state index contributed by atoms with van der Waals surface area (Å²) in [5.74, 6) is 1.12. The van der Waals surface area contributed by atoms with Crippen LogP contribution in [0.5, 0.6) is 5.75 Å². The SMILES string of the molecule is COc1cc(C)nc(CS(=O)(=O)CC2CNC2)c1. The van der Waals surface area contributed by atoms with Crippen molar-refractivity contribution in [2.45, 2.75) is 12.7 Å². The Morgan fingerprint density at radius 1 is 1.44 bits per heavy atom. The van der Waals surface area contributed by atoms with Gasteiger partial charge in [0.2, 0.25) is 0 Å². The molecule has 1 saturated heterocycles. The summed E-state index contributed by atoms with van der Waals surface area (Å²) in [6.45, 7) is 3.42. The predicted molar refractivity (Wildman–Crippen MR) is 69.4 cm³/mol. The van der Waals surface area contributed by atoms with Crippen molar-refractivity contribution >= 4 is 9.84 Å². The van der Waals surface area contributed by atoms with Crippen LogP contribution in [0.1, 0.15) is 11.4 Å². The van der Waals surface area contributed by atoms with Gasteiger partial charge in [0.25, 0.3) is 0 Å². The van der Waals surface area contributed by atoms with Crippen LogP contribution < -0.4 is 10.1 Å². The molecule has 0 atom stereocenters. The van der Waals surface area contributed by atoms with Crippen molar-refractivity contribution in [3.05, 3.63) is 23.5 Å². The van der Waals surface area contributed by atoms with Crippen LogP contribution in [0.3, 0.4) is 0 Å². The Labute approximate surface area is 107 Å². The molecule has 1 fully saturated rings. The molecule has 2 heterocycles. The van der Waals surface area contributed by atoms with Crippen LogP contribution in [0.25, 0.3) is 0 Å². The maximum absolute atomic E-state index is 12.0. The van der Waals surface area contributed by atoms with Gasteiger partial charge in [0.1, 0.15) is 5.75 Å². The topological polar surface area (TPSA) is 68.3 Å². The van der Waals surface area contributed by atoms with Crippen LogP contribution in [-0.4, -0.2) is 39.4 Å². The third-order valence-electron chi connectivity index (χ3n) is 2.94. The molecular weight excluding hydrogens is 252 g/mol. The minimum atomic E-state index is -3.09. The Bertz CT molecular complexity index is 524. The number of methoxy groups -OCH3 is 1. The average molecular weight is 270 g/mol. The van der Waals surface area contributed by atoms with E-state index >= 15 is 0 Å². The van der Waals surface area contributed by atoms with E-state index in [0.717, 1.165) is 18.8 Å². The summed E-state index contributed by atoms with van der Waals surface area (Å²) in [6, 6.07) is 3.47. The molecule has 1 aliphatic heterocycles. The zero-order valence-electron chi connectivity index (χ0n) is 10.6. The lowest BCUT2D eigenvalue weighted by atomic mass is 10.1. The number of ether oxygens (including phenoxy) is 1. The van der Waals surface area contributed by atoms with E-state index in [1.807, 2.05) is 6.92 Å². The fourth-order valence-corrected chi connectivity index (χ4v) is 3.67. The summed E-state index contributed by atoms with van der Waals surface area (Å²) in [5, 5.41) is 3.07. The van der Waals surface area contributed by atoms with Crippen molar-refractivity contribution in [2.75, 3.05) is 26.0 Å². The molecule has 0 spiro atoms. The first kappa shape index (κ1) is 13.3. The molecule has 1 N–H and O–H groups in total. The van der Waals surface area contributed by atoms with Gasteiger partial charge in [-0.1, -0.05) is 0 Å². The molecule has 0 bridgehead atoms. The molecule has 1 aromatic heterocycles. The van der Waals surface area contributed by atoms with E-state index in [4.69, 9.17) is 4.74 Å². The number of nitrogens with zero attached hydrogens (tertiary/aromatic N) is 1. The summed E-state index contributed by atoms with van der Waals surface area (Å²) in [4.78, 5) is 4.24. The van der Waals surface area contributed by atoms with Crippen LogP contribution in [0, 0.1) is 12.8 Å². The molecule has 1 aromatic rings. The molecule has 100 valence electrons. The number of hydrogen-bond donors (Lipinski definition) is 1. The van der Waals surface area contributed by atoms with Crippen molar-refractivity contribution in [1.82, 2.24) is 10.3 Å². The van der Waals surface area contributed by atoms with Gasteiger partial charge in [-0.2, -0.15) is 0 Å². The Kier molecular flexibility index (Phi) is 3.87. The Balaban J connectivity index is 2.09. The third kappa shape index (κ3) is 3.43. The molecule has 0 unspecified atom stereocenters. The maximum Gasteiger partial charge on any atom is 0.156 e. The van der Waals surface area contributed by atoms with E-state index < -0.39 is 9.84 Å². The highest BCUT2D eigenvalue weighted by atomic mass is 32.2. The minimum Gasteiger partial charge on any atom is -0.497 e. The summed E-state index contributed by atoms with van der Waals surface area (Å²) in [6.07, 6.45) is 0. The number of nitrogens with one attached hydrogen (secondary N) is 1.